The van der Waals surface area contributed by atoms with E-state index in [0.29, 0.717) is 5.69 Å². The van der Waals surface area contributed by atoms with E-state index in [-0.39, 0.29) is 23.0 Å². The lowest BCUT2D eigenvalue weighted by molar-refractivity contribution is -0.384. The van der Waals surface area contributed by atoms with Crippen LogP contribution < -0.4 is 16.0 Å². The van der Waals surface area contributed by atoms with Crippen LogP contribution in [0.5, 0.6) is 0 Å². The second-order valence-electron chi connectivity index (χ2n) is 7.65. The molecule has 0 saturated heterocycles. The monoisotopic (exact) mass is 460 g/mol. The Labute approximate surface area is 190 Å². The summed E-state index contributed by atoms with van der Waals surface area (Å²) in [6, 6.07) is 8.29. The maximum Gasteiger partial charge on any atom is 0.288 e. The molecule has 0 aliphatic carbocycles. The second kappa shape index (κ2) is 10.7. The number of benzene rings is 2. The first-order chi connectivity index (χ1) is 15.0. The number of nitro groups is 1. The molecule has 1 atom stereocenters. The van der Waals surface area contributed by atoms with Crippen molar-refractivity contribution >= 4 is 40.7 Å². The number of para-hydroxylation sites is 1. The van der Waals surface area contributed by atoms with Gasteiger partial charge in [0, 0.05) is 17.3 Å². The molecular formula is C22H25ClN4O5. The number of rotatable bonds is 8. The molecule has 3 N–H and O–H groups in total. The standard InChI is InChI=1S/C22H25ClN4O5/c1-12(2)19(26-21(29)15-8-9-16(23)17(10-15)27(31)32)22(30)24-11-18(28)25-20-13(3)6-5-7-14(20)4/h5-10,12,19H,11H2,1-4H3,(H,24,30)(H,25,28)(H,26,29). The average molecular weight is 461 g/mol. The first-order valence-electron chi connectivity index (χ1n) is 9.89. The summed E-state index contributed by atoms with van der Waals surface area (Å²) < 4.78 is 0. The van der Waals surface area contributed by atoms with Gasteiger partial charge in [-0.3, -0.25) is 24.5 Å². The van der Waals surface area contributed by atoms with Gasteiger partial charge in [-0.05, 0) is 43.0 Å². The summed E-state index contributed by atoms with van der Waals surface area (Å²) in [7, 11) is 0. The number of hydrogen-bond acceptors (Lipinski definition) is 5. The van der Waals surface area contributed by atoms with Gasteiger partial charge in [-0.25, -0.2) is 0 Å². The molecule has 0 radical (unpaired) electrons. The highest BCUT2D eigenvalue weighted by molar-refractivity contribution is 6.32. The summed E-state index contributed by atoms with van der Waals surface area (Å²) in [5.74, 6) is -1.92. The molecule has 0 saturated carbocycles. The predicted octanol–water partition coefficient (Wildman–Crippen LogP) is 3.37. The first kappa shape index (κ1) is 24.8. The van der Waals surface area contributed by atoms with Crippen molar-refractivity contribution in [2.24, 2.45) is 5.92 Å². The van der Waals surface area contributed by atoms with E-state index in [2.05, 4.69) is 16.0 Å². The molecule has 0 aromatic heterocycles. The van der Waals surface area contributed by atoms with E-state index in [4.69, 9.17) is 11.6 Å². The van der Waals surface area contributed by atoms with Crippen LogP contribution in [0, 0.1) is 29.9 Å². The molecule has 0 spiro atoms. The van der Waals surface area contributed by atoms with Crippen LogP contribution in [-0.4, -0.2) is 35.2 Å². The van der Waals surface area contributed by atoms with Gasteiger partial charge in [-0.1, -0.05) is 43.6 Å². The van der Waals surface area contributed by atoms with Gasteiger partial charge in [0.15, 0.2) is 0 Å². The Bertz CT molecular complexity index is 1030. The number of hydrogen-bond donors (Lipinski definition) is 3. The molecule has 0 fully saturated rings. The molecular weight excluding hydrogens is 436 g/mol. The lowest BCUT2D eigenvalue weighted by Gasteiger charge is -2.22. The lowest BCUT2D eigenvalue weighted by atomic mass is 10.0. The summed E-state index contributed by atoms with van der Waals surface area (Å²) in [5, 5.41) is 18.8. The number of amides is 3. The van der Waals surface area contributed by atoms with Gasteiger partial charge >= 0.3 is 0 Å². The lowest BCUT2D eigenvalue weighted by Crippen LogP contribution is -2.51. The Hall–Kier alpha value is -3.46. The predicted molar refractivity (Wildman–Crippen MR) is 122 cm³/mol. The summed E-state index contributed by atoms with van der Waals surface area (Å²) in [6.45, 7) is 6.91. The summed E-state index contributed by atoms with van der Waals surface area (Å²) in [5.41, 5.74) is 2.06. The van der Waals surface area contributed by atoms with Gasteiger partial charge in [-0.2, -0.15) is 0 Å². The minimum absolute atomic E-state index is 0.00711. The highest BCUT2D eigenvalue weighted by atomic mass is 35.5. The molecule has 10 heteroatoms. The minimum atomic E-state index is -0.953. The number of halogens is 1. The van der Waals surface area contributed by atoms with Crippen LogP contribution >= 0.6 is 11.6 Å². The Morgan fingerprint density at radius 3 is 2.28 bits per heavy atom. The first-order valence-corrected chi connectivity index (χ1v) is 10.3. The van der Waals surface area contributed by atoms with Gasteiger partial charge in [0.05, 0.1) is 11.5 Å². The van der Waals surface area contributed by atoms with E-state index in [1.807, 2.05) is 32.0 Å². The topological polar surface area (TPSA) is 130 Å². The third kappa shape index (κ3) is 6.27. The zero-order valence-corrected chi connectivity index (χ0v) is 18.9. The van der Waals surface area contributed by atoms with Crippen LogP contribution in [-0.2, 0) is 9.59 Å². The van der Waals surface area contributed by atoms with Crippen molar-refractivity contribution in [3.63, 3.8) is 0 Å². The molecule has 32 heavy (non-hydrogen) atoms. The van der Waals surface area contributed by atoms with Crippen molar-refractivity contribution in [1.82, 2.24) is 10.6 Å². The third-order valence-electron chi connectivity index (χ3n) is 4.81. The average Bonchev–Trinajstić information content (AvgIpc) is 2.72. The van der Waals surface area contributed by atoms with Crippen LogP contribution in [0.2, 0.25) is 5.02 Å². The molecule has 170 valence electrons. The molecule has 0 aliphatic rings. The maximum atomic E-state index is 12.6. The van der Waals surface area contributed by atoms with Crippen LogP contribution in [0.1, 0.15) is 35.3 Å². The van der Waals surface area contributed by atoms with E-state index >= 15 is 0 Å². The Balaban J connectivity index is 2.03. The van der Waals surface area contributed by atoms with Gasteiger partial charge < -0.3 is 16.0 Å². The van der Waals surface area contributed by atoms with Crippen molar-refractivity contribution in [2.45, 2.75) is 33.7 Å². The number of carbonyl (C=O) groups excluding carboxylic acids is 3. The molecule has 0 aliphatic heterocycles. The number of aryl methyl sites for hydroxylation is 2. The SMILES string of the molecule is Cc1cccc(C)c1NC(=O)CNC(=O)C(NC(=O)c1ccc(Cl)c([N+](=O)[O-])c1)C(C)C. The van der Waals surface area contributed by atoms with Crippen molar-refractivity contribution in [3.8, 4) is 0 Å². The van der Waals surface area contributed by atoms with Crippen LogP contribution in [0.25, 0.3) is 0 Å². The van der Waals surface area contributed by atoms with Crippen molar-refractivity contribution in [1.29, 1.82) is 0 Å². The van der Waals surface area contributed by atoms with Gasteiger partial charge in [0.1, 0.15) is 11.1 Å². The highest BCUT2D eigenvalue weighted by Crippen LogP contribution is 2.25. The largest absolute Gasteiger partial charge is 0.345 e. The normalized spacial score (nSPS) is 11.6. The van der Waals surface area contributed by atoms with Crippen LogP contribution in [0.15, 0.2) is 36.4 Å². The molecule has 2 rings (SSSR count). The van der Waals surface area contributed by atoms with Crippen LogP contribution in [0.4, 0.5) is 11.4 Å². The summed E-state index contributed by atoms with van der Waals surface area (Å²) in [6.07, 6.45) is 0. The molecule has 0 bridgehead atoms. The van der Waals surface area contributed by atoms with Gasteiger partial charge in [0.25, 0.3) is 11.6 Å². The second-order valence-corrected chi connectivity index (χ2v) is 8.06. The Morgan fingerprint density at radius 2 is 1.72 bits per heavy atom. The van der Waals surface area contributed by atoms with E-state index in [1.165, 1.54) is 12.1 Å². The van der Waals surface area contributed by atoms with Gasteiger partial charge in [-0.15, -0.1) is 0 Å². The summed E-state index contributed by atoms with van der Waals surface area (Å²) in [4.78, 5) is 47.9. The number of carbonyl (C=O) groups is 3. The fourth-order valence-electron chi connectivity index (χ4n) is 3.03. The quantitative estimate of drug-likeness (QED) is 0.410. The fourth-order valence-corrected chi connectivity index (χ4v) is 3.21. The molecule has 2 aromatic rings. The Morgan fingerprint density at radius 1 is 1.09 bits per heavy atom. The van der Waals surface area contributed by atoms with Crippen molar-refractivity contribution < 1.29 is 19.3 Å². The van der Waals surface area contributed by atoms with E-state index in [1.54, 1.807) is 13.8 Å². The smallest absolute Gasteiger partial charge is 0.288 e. The number of nitro benzene ring substituents is 1. The zero-order chi connectivity index (χ0) is 24.0. The molecule has 0 heterocycles. The van der Waals surface area contributed by atoms with E-state index in [0.717, 1.165) is 17.2 Å². The highest BCUT2D eigenvalue weighted by Gasteiger charge is 2.26. The van der Waals surface area contributed by atoms with Gasteiger partial charge in [0.2, 0.25) is 11.8 Å². The number of nitrogens with zero attached hydrogens (tertiary/aromatic N) is 1. The minimum Gasteiger partial charge on any atom is -0.345 e. The maximum absolute atomic E-state index is 12.6. The zero-order valence-electron chi connectivity index (χ0n) is 18.2. The molecule has 1 unspecified atom stereocenters. The number of nitrogens with one attached hydrogen (secondary N) is 3. The molecule has 9 nitrogen and oxygen atoms in total. The van der Waals surface area contributed by atoms with Crippen molar-refractivity contribution in [3.05, 3.63) is 68.2 Å². The fraction of sp³-hybridized carbons (Fsp3) is 0.318. The molecule has 2 aromatic carbocycles. The third-order valence-corrected chi connectivity index (χ3v) is 5.13. The Kier molecular flexibility index (Phi) is 8.31. The van der Waals surface area contributed by atoms with Crippen molar-refractivity contribution in [2.75, 3.05) is 11.9 Å². The van der Waals surface area contributed by atoms with E-state index in [9.17, 15) is 24.5 Å². The summed E-state index contributed by atoms with van der Waals surface area (Å²) >= 11 is 5.78. The van der Waals surface area contributed by atoms with E-state index < -0.39 is 34.4 Å². The number of anilines is 1. The van der Waals surface area contributed by atoms with Crippen LogP contribution in [0.3, 0.4) is 0 Å². The molecule has 3 amide bonds.